The summed E-state index contributed by atoms with van der Waals surface area (Å²) in [6, 6.07) is 19.3. The van der Waals surface area contributed by atoms with E-state index < -0.39 is 42.0 Å². The molecule has 1 heterocycles. The fourth-order valence-corrected chi connectivity index (χ4v) is 3.60. The predicted molar refractivity (Wildman–Crippen MR) is 111 cm³/mol. The fourth-order valence-electron chi connectivity index (χ4n) is 3.60. The third-order valence-electron chi connectivity index (χ3n) is 5.03. The van der Waals surface area contributed by atoms with E-state index >= 15 is 0 Å². The van der Waals surface area contributed by atoms with Gasteiger partial charge in [0.15, 0.2) is 0 Å². The fraction of sp³-hybridized carbons (Fsp3) is 0.391. The van der Waals surface area contributed by atoms with E-state index in [0.717, 1.165) is 11.1 Å². The topological polar surface area (TPSA) is 91.1 Å². The molecule has 2 aromatic carbocycles. The van der Waals surface area contributed by atoms with Crippen LogP contribution in [0.4, 0.5) is 0 Å². The molecule has 1 fully saturated rings. The SMILES string of the molecule is C=CC[C@H]1O[C@H](C(O)C[N+](=O)[O-])[C@@H](OCc2ccccc2)[C@H]1OCc1ccccc1. The molecule has 0 amide bonds. The largest absolute Gasteiger partial charge is 0.383 e. The van der Waals surface area contributed by atoms with E-state index in [0.29, 0.717) is 13.0 Å². The van der Waals surface area contributed by atoms with Crippen LogP contribution in [0.1, 0.15) is 17.5 Å². The van der Waals surface area contributed by atoms with Crippen LogP contribution in [0.5, 0.6) is 0 Å². The molecule has 1 unspecified atom stereocenters. The first kappa shape index (κ1) is 22.1. The lowest BCUT2D eigenvalue weighted by molar-refractivity contribution is -0.493. The molecule has 3 rings (SSSR count). The second-order valence-corrected chi connectivity index (χ2v) is 7.27. The van der Waals surface area contributed by atoms with E-state index in [9.17, 15) is 15.2 Å². The number of benzene rings is 2. The van der Waals surface area contributed by atoms with Crippen molar-refractivity contribution in [3.63, 3.8) is 0 Å². The van der Waals surface area contributed by atoms with Gasteiger partial charge < -0.3 is 19.3 Å². The van der Waals surface area contributed by atoms with Crippen LogP contribution < -0.4 is 0 Å². The quantitative estimate of drug-likeness (QED) is 0.346. The minimum Gasteiger partial charge on any atom is -0.383 e. The molecular formula is C23H27NO6. The Kier molecular flexibility index (Phi) is 8.10. The van der Waals surface area contributed by atoms with Crippen LogP contribution in [0.3, 0.4) is 0 Å². The first-order valence-electron chi connectivity index (χ1n) is 9.95. The van der Waals surface area contributed by atoms with E-state index in [1.807, 2.05) is 60.7 Å². The number of nitro groups is 1. The average Bonchev–Trinajstić information content (AvgIpc) is 3.09. The van der Waals surface area contributed by atoms with Crippen molar-refractivity contribution in [2.24, 2.45) is 0 Å². The molecule has 0 spiro atoms. The molecule has 0 aromatic heterocycles. The molecule has 7 nitrogen and oxygen atoms in total. The summed E-state index contributed by atoms with van der Waals surface area (Å²) in [4.78, 5) is 10.4. The molecule has 30 heavy (non-hydrogen) atoms. The number of hydrogen-bond acceptors (Lipinski definition) is 6. The molecule has 1 saturated heterocycles. The van der Waals surface area contributed by atoms with Crippen molar-refractivity contribution in [1.29, 1.82) is 0 Å². The summed E-state index contributed by atoms with van der Waals surface area (Å²) in [5.41, 5.74) is 1.94. The van der Waals surface area contributed by atoms with E-state index in [2.05, 4.69) is 6.58 Å². The summed E-state index contributed by atoms with van der Waals surface area (Å²) in [5, 5.41) is 21.4. The highest BCUT2D eigenvalue weighted by Crippen LogP contribution is 2.32. The van der Waals surface area contributed by atoms with Gasteiger partial charge in [0.25, 0.3) is 0 Å². The lowest BCUT2D eigenvalue weighted by atomic mass is 10.0. The van der Waals surface area contributed by atoms with Gasteiger partial charge in [0.05, 0.1) is 19.3 Å². The maximum Gasteiger partial charge on any atom is 0.232 e. The summed E-state index contributed by atoms with van der Waals surface area (Å²) < 4.78 is 18.3. The van der Waals surface area contributed by atoms with Crippen LogP contribution >= 0.6 is 0 Å². The van der Waals surface area contributed by atoms with Gasteiger partial charge in [-0.05, 0) is 17.5 Å². The van der Waals surface area contributed by atoms with Gasteiger partial charge in [-0.25, -0.2) is 0 Å². The van der Waals surface area contributed by atoms with E-state index in [-0.39, 0.29) is 6.61 Å². The third kappa shape index (κ3) is 5.96. The first-order chi connectivity index (χ1) is 14.6. The van der Waals surface area contributed by atoms with Crippen LogP contribution in [-0.4, -0.2) is 47.1 Å². The summed E-state index contributed by atoms with van der Waals surface area (Å²) in [7, 11) is 0. The number of hydrogen-bond donors (Lipinski definition) is 1. The average molecular weight is 413 g/mol. The zero-order valence-electron chi connectivity index (χ0n) is 16.7. The highest BCUT2D eigenvalue weighted by molar-refractivity contribution is 5.15. The van der Waals surface area contributed by atoms with Gasteiger partial charge in [-0.15, -0.1) is 6.58 Å². The smallest absolute Gasteiger partial charge is 0.232 e. The van der Waals surface area contributed by atoms with E-state index in [1.165, 1.54) is 0 Å². The van der Waals surface area contributed by atoms with Crippen molar-refractivity contribution < 1.29 is 24.2 Å². The van der Waals surface area contributed by atoms with Crippen molar-refractivity contribution in [3.8, 4) is 0 Å². The van der Waals surface area contributed by atoms with Crippen LogP contribution in [0.25, 0.3) is 0 Å². The summed E-state index contributed by atoms with van der Waals surface area (Å²) in [6.45, 7) is 3.76. The lowest BCUT2D eigenvalue weighted by Gasteiger charge is -2.26. The molecule has 0 aliphatic carbocycles. The second kappa shape index (κ2) is 11.0. The number of aliphatic hydroxyl groups is 1. The van der Waals surface area contributed by atoms with Gasteiger partial charge >= 0.3 is 0 Å². The molecular weight excluding hydrogens is 386 g/mol. The van der Waals surface area contributed by atoms with Gasteiger partial charge in [-0.1, -0.05) is 66.7 Å². The van der Waals surface area contributed by atoms with E-state index in [4.69, 9.17) is 14.2 Å². The van der Waals surface area contributed by atoms with Crippen molar-refractivity contribution >= 4 is 0 Å². The number of nitrogens with zero attached hydrogens (tertiary/aromatic N) is 1. The van der Waals surface area contributed by atoms with Gasteiger partial charge in [-0.2, -0.15) is 0 Å². The maximum absolute atomic E-state index is 11.0. The number of aliphatic hydroxyl groups excluding tert-OH is 1. The highest BCUT2D eigenvalue weighted by atomic mass is 16.6. The van der Waals surface area contributed by atoms with Gasteiger partial charge in [0, 0.05) is 4.92 Å². The molecule has 1 N–H and O–H groups in total. The Morgan fingerprint density at radius 3 is 2.07 bits per heavy atom. The second-order valence-electron chi connectivity index (χ2n) is 7.27. The van der Waals surface area contributed by atoms with Crippen LogP contribution in [-0.2, 0) is 27.4 Å². The zero-order valence-corrected chi connectivity index (χ0v) is 16.7. The molecule has 7 heteroatoms. The van der Waals surface area contributed by atoms with Gasteiger partial charge in [-0.3, -0.25) is 10.1 Å². The Balaban J connectivity index is 1.78. The lowest BCUT2D eigenvalue weighted by Crippen LogP contribution is -2.44. The van der Waals surface area contributed by atoms with Crippen molar-refractivity contribution in [2.75, 3.05) is 6.54 Å². The molecule has 5 atom stereocenters. The van der Waals surface area contributed by atoms with Crippen LogP contribution in [0.2, 0.25) is 0 Å². The van der Waals surface area contributed by atoms with Crippen molar-refractivity contribution in [2.45, 2.75) is 50.2 Å². The molecule has 2 aromatic rings. The highest BCUT2D eigenvalue weighted by Gasteiger charge is 2.49. The van der Waals surface area contributed by atoms with Crippen LogP contribution in [0, 0.1) is 10.1 Å². The Bertz CT molecular complexity index is 800. The predicted octanol–water partition coefficient (Wildman–Crippen LogP) is 3.14. The minimum absolute atomic E-state index is 0.280. The summed E-state index contributed by atoms with van der Waals surface area (Å²) in [5.74, 6) is 0. The molecule has 0 radical (unpaired) electrons. The standard InChI is InChI=1S/C23H27NO6/c1-2-9-20-22(28-15-17-10-5-3-6-11-17)23(21(30-20)19(25)14-24(26)27)29-16-18-12-7-4-8-13-18/h2-8,10-13,19-23,25H,1,9,14-16H2/t19?,20-,21-,22+,23-/m1/s1. The van der Waals surface area contributed by atoms with Gasteiger partial charge in [0.1, 0.15) is 24.4 Å². The Hall–Kier alpha value is -2.58. The Labute approximate surface area is 176 Å². The molecule has 0 saturated carbocycles. The molecule has 0 bridgehead atoms. The Morgan fingerprint density at radius 2 is 1.57 bits per heavy atom. The molecule has 1 aliphatic heterocycles. The normalized spacial score (nSPS) is 24.4. The van der Waals surface area contributed by atoms with Crippen molar-refractivity contribution in [1.82, 2.24) is 0 Å². The Morgan fingerprint density at radius 1 is 1.03 bits per heavy atom. The molecule has 1 aliphatic rings. The summed E-state index contributed by atoms with van der Waals surface area (Å²) in [6.07, 6.45) is -1.57. The van der Waals surface area contributed by atoms with Crippen molar-refractivity contribution in [3.05, 3.63) is 94.6 Å². The zero-order chi connectivity index (χ0) is 21.3. The monoisotopic (exact) mass is 413 g/mol. The maximum atomic E-state index is 11.0. The van der Waals surface area contributed by atoms with Crippen LogP contribution in [0.15, 0.2) is 73.3 Å². The van der Waals surface area contributed by atoms with E-state index in [1.54, 1.807) is 6.08 Å². The summed E-state index contributed by atoms with van der Waals surface area (Å²) >= 11 is 0. The third-order valence-corrected chi connectivity index (χ3v) is 5.03. The number of ether oxygens (including phenoxy) is 3. The first-order valence-corrected chi connectivity index (χ1v) is 9.95. The van der Waals surface area contributed by atoms with Gasteiger partial charge in [0.2, 0.25) is 6.54 Å². The minimum atomic E-state index is -1.31. The molecule has 160 valence electrons. The number of rotatable bonds is 11.